The first-order chi connectivity index (χ1) is 7.20. The molecule has 0 bridgehead atoms. The molecule has 0 aromatic heterocycles. The van der Waals surface area contributed by atoms with Gasteiger partial charge in [0.25, 0.3) is 0 Å². The largest absolute Gasteiger partial charge is 0.478 e. The first-order valence-electron chi connectivity index (χ1n) is 5.76. The van der Waals surface area contributed by atoms with Gasteiger partial charge in [-0.3, -0.25) is 0 Å². The highest BCUT2D eigenvalue weighted by Gasteiger charge is 2.15. The third kappa shape index (κ3) is 9.71. The van der Waals surface area contributed by atoms with Crippen LogP contribution >= 0.6 is 0 Å². The smallest absolute Gasteiger partial charge is 0.328 e. The van der Waals surface area contributed by atoms with Crippen molar-refractivity contribution < 1.29 is 9.90 Å². The minimum absolute atomic E-state index is 0.814. The van der Waals surface area contributed by atoms with Crippen LogP contribution in [0.2, 0.25) is 25.7 Å². The van der Waals surface area contributed by atoms with Crippen molar-refractivity contribution in [2.24, 2.45) is 0 Å². The van der Waals surface area contributed by atoms with Gasteiger partial charge in [0.2, 0.25) is 0 Å². The fraction of sp³-hybridized carbons (Fsp3) is 0.615. The zero-order valence-electron chi connectivity index (χ0n) is 11.1. The summed E-state index contributed by atoms with van der Waals surface area (Å²) in [6, 6.07) is 0.982. The molecule has 0 aromatic rings. The van der Waals surface area contributed by atoms with Gasteiger partial charge < -0.3 is 5.11 Å². The molecule has 92 valence electrons. The van der Waals surface area contributed by atoms with Crippen LogP contribution in [0.5, 0.6) is 0 Å². The van der Waals surface area contributed by atoms with Crippen LogP contribution in [0.1, 0.15) is 26.7 Å². The maximum atomic E-state index is 10.7. The third-order valence-electron chi connectivity index (χ3n) is 2.10. The topological polar surface area (TPSA) is 37.3 Å². The van der Waals surface area contributed by atoms with E-state index in [1.165, 1.54) is 11.6 Å². The van der Waals surface area contributed by atoms with Crippen LogP contribution in [0.25, 0.3) is 0 Å². The molecule has 0 atom stereocenters. The number of rotatable bonds is 6. The van der Waals surface area contributed by atoms with Gasteiger partial charge in [-0.05, 0) is 32.7 Å². The molecule has 1 N–H and O–H groups in total. The highest BCUT2D eigenvalue weighted by Crippen LogP contribution is 2.20. The van der Waals surface area contributed by atoms with E-state index >= 15 is 0 Å². The lowest BCUT2D eigenvalue weighted by Crippen LogP contribution is -2.20. The Hall–Kier alpha value is -0.833. The number of allylic oxidation sites excluding steroid dienone is 3. The Morgan fingerprint density at radius 1 is 1.25 bits per heavy atom. The van der Waals surface area contributed by atoms with Crippen molar-refractivity contribution in [3.63, 3.8) is 0 Å². The Bertz CT molecular complexity index is 292. The van der Waals surface area contributed by atoms with Crippen LogP contribution < -0.4 is 0 Å². The average molecular weight is 240 g/mol. The first kappa shape index (κ1) is 15.2. The average Bonchev–Trinajstić information content (AvgIpc) is 1.98. The van der Waals surface area contributed by atoms with Gasteiger partial charge in [0.15, 0.2) is 0 Å². The van der Waals surface area contributed by atoms with Crippen molar-refractivity contribution in [2.45, 2.75) is 52.4 Å². The molecule has 0 spiro atoms. The summed E-state index contributed by atoms with van der Waals surface area (Å²) < 4.78 is 0. The molecule has 0 aliphatic rings. The van der Waals surface area contributed by atoms with E-state index in [1.54, 1.807) is 0 Å². The van der Waals surface area contributed by atoms with Crippen LogP contribution in [0.15, 0.2) is 23.3 Å². The van der Waals surface area contributed by atoms with Gasteiger partial charge in [-0.2, -0.15) is 0 Å². The Kier molecular flexibility index (Phi) is 6.34. The number of carboxylic acids is 1. The van der Waals surface area contributed by atoms with E-state index < -0.39 is 14.0 Å². The molecule has 0 aromatic carbocycles. The van der Waals surface area contributed by atoms with Gasteiger partial charge in [-0.25, -0.2) is 4.79 Å². The highest BCUT2D eigenvalue weighted by atomic mass is 28.3. The van der Waals surface area contributed by atoms with E-state index in [2.05, 4.69) is 39.6 Å². The minimum atomic E-state index is -1.22. The van der Waals surface area contributed by atoms with Crippen LogP contribution in [0, 0.1) is 0 Å². The second-order valence-electron chi connectivity index (χ2n) is 5.70. The number of aliphatic carboxylic acids is 1. The monoisotopic (exact) mass is 240 g/mol. The standard InChI is InChI=1S/C13H24O2Si/c1-11(2)7-6-8-12(9-13(14)15)10-16(3,4)5/h7,9H,6,8,10H2,1-5H3,(H,14,15)/b12-9+. The lowest BCUT2D eigenvalue weighted by molar-refractivity contribution is -0.131. The number of carbonyl (C=O) groups is 1. The lowest BCUT2D eigenvalue weighted by atomic mass is 10.1. The van der Waals surface area contributed by atoms with E-state index in [9.17, 15) is 4.79 Å². The van der Waals surface area contributed by atoms with Gasteiger partial charge in [-0.1, -0.05) is 36.9 Å². The molecule has 2 nitrogen and oxygen atoms in total. The highest BCUT2D eigenvalue weighted by molar-refractivity contribution is 6.76. The molecule has 0 rings (SSSR count). The molecule has 0 saturated heterocycles. The minimum Gasteiger partial charge on any atom is -0.478 e. The number of hydrogen-bond acceptors (Lipinski definition) is 1. The van der Waals surface area contributed by atoms with Crippen molar-refractivity contribution in [1.29, 1.82) is 0 Å². The summed E-state index contributed by atoms with van der Waals surface area (Å²) in [5.74, 6) is -0.814. The predicted molar refractivity (Wildman–Crippen MR) is 72.5 cm³/mol. The zero-order valence-corrected chi connectivity index (χ0v) is 12.1. The molecule has 3 heteroatoms. The number of hydrogen-bond donors (Lipinski definition) is 1. The molecule has 0 heterocycles. The van der Waals surface area contributed by atoms with E-state index in [4.69, 9.17) is 5.11 Å². The van der Waals surface area contributed by atoms with Crippen molar-refractivity contribution in [3.8, 4) is 0 Å². The van der Waals surface area contributed by atoms with Crippen molar-refractivity contribution >= 4 is 14.0 Å². The van der Waals surface area contributed by atoms with E-state index in [-0.39, 0.29) is 0 Å². The van der Waals surface area contributed by atoms with Gasteiger partial charge in [0.1, 0.15) is 0 Å². The van der Waals surface area contributed by atoms with Gasteiger partial charge in [0.05, 0.1) is 0 Å². The summed E-state index contributed by atoms with van der Waals surface area (Å²) in [7, 11) is -1.22. The molecule has 0 unspecified atom stereocenters. The summed E-state index contributed by atoms with van der Waals surface area (Å²) in [5.41, 5.74) is 2.38. The van der Waals surface area contributed by atoms with Crippen LogP contribution in [-0.4, -0.2) is 19.1 Å². The van der Waals surface area contributed by atoms with Crippen LogP contribution in [0.4, 0.5) is 0 Å². The van der Waals surface area contributed by atoms with Crippen molar-refractivity contribution in [1.82, 2.24) is 0 Å². The molecule has 0 aliphatic heterocycles. The predicted octanol–water partition coefficient (Wildman–Crippen LogP) is 4.08. The van der Waals surface area contributed by atoms with Gasteiger partial charge >= 0.3 is 5.97 Å². The second-order valence-corrected chi connectivity index (χ2v) is 11.2. The van der Waals surface area contributed by atoms with Gasteiger partial charge in [0, 0.05) is 14.1 Å². The second kappa shape index (κ2) is 6.69. The molecule has 0 aliphatic carbocycles. The molecule has 0 fully saturated rings. The van der Waals surface area contributed by atoms with Crippen LogP contribution in [-0.2, 0) is 4.79 Å². The summed E-state index contributed by atoms with van der Waals surface area (Å²) in [4.78, 5) is 10.7. The normalized spacial score (nSPS) is 12.4. The molecule has 0 radical (unpaired) electrons. The maximum Gasteiger partial charge on any atom is 0.328 e. The summed E-state index contributed by atoms with van der Waals surface area (Å²) in [5, 5.41) is 8.81. The van der Waals surface area contributed by atoms with E-state index in [0.29, 0.717) is 0 Å². The first-order valence-corrected chi connectivity index (χ1v) is 9.47. The number of carboxylic acid groups (broad SMARTS) is 1. The molecule has 0 amide bonds. The fourth-order valence-electron chi connectivity index (χ4n) is 1.61. The molecular weight excluding hydrogens is 216 g/mol. The van der Waals surface area contributed by atoms with E-state index in [0.717, 1.165) is 24.5 Å². The summed E-state index contributed by atoms with van der Waals surface area (Å²) in [6.45, 7) is 10.9. The summed E-state index contributed by atoms with van der Waals surface area (Å²) >= 11 is 0. The van der Waals surface area contributed by atoms with Crippen molar-refractivity contribution in [3.05, 3.63) is 23.3 Å². The van der Waals surface area contributed by atoms with E-state index in [1.807, 2.05) is 0 Å². The lowest BCUT2D eigenvalue weighted by Gasteiger charge is -2.17. The SMILES string of the molecule is CC(C)=CCC/C(=C\C(=O)O)C[Si](C)(C)C. The molecule has 0 saturated carbocycles. The molecular formula is C13H24O2Si. The van der Waals surface area contributed by atoms with Crippen LogP contribution in [0.3, 0.4) is 0 Å². The summed E-state index contributed by atoms with van der Waals surface area (Å²) in [6.07, 6.45) is 5.39. The Morgan fingerprint density at radius 3 is 2.19 bits per heavy atom. The van der Waals surface area contributed by atoms with Crippen molar-refractivity contribution in [2.75, 3.05) is 0 Å². The fourth-order valence-corrected chi connectivity index (χ4v) is 3.25. The Morgan fingerprint density at radius 2 is 1.81 bits per heavy atom. The Labute approximate surface area is 100 Å². The molecule has 16 heavy (non-hydrogen) atoms. The van der Waals surface area contributed by atoms with Gasteiger partial charge in [-0.15, -0.1) is 0 Å². The maximum absolute atomic E-state index is 10.7. The quantitative estimate of drug-likeness (QED) is 0.431. The Balaban J connectivity index is 4.46. The third-order valence-corrected chi connectivity index (χ3v) is 3.62. The zero-order chi connectivity index (χ0) is 12.8.